The largest absolute Gasteiger partial charge is 0.572 e. The van der Waals surface area contributed by atoms with E-state index in [1.807, 2.05) is 43.3 Å². The van der Waals surface area contributed by atoms with Gasteiger partial charge in [-0.15, -0.1) is 5.69 Å². The van der Waals surface area contributed by atoms with E-state index < -0.39 is 10.0 Å². The molecule has 3 nitrogen and oxygen atoms in total. The Balaban J connectivity index is 2.02. The lowest BCUT2D eigenvalue weighted by atomic mass is 10.1. The van der Waals surface area contributed by atoms with Gasteiger partial charge in [0.1, 0.15) is 10.0 Å². The maximum absolute atomic E-state index is 12.4. The smallest absolute Gasteiger partial charge is 0.123 e. The minimum absolute atomic E-state index is 0.212. The lowest BCUT2D eigenvalue weighted by Crippen LogP contribution is -1.98. The van der Waals surface area contributed by atoms with Gasteiger partial charge in [-0.05, 0) is 29.8 Å². The van der Waals surface area contributed by atoms with Crippen molar-refractivity contribution in [3.05, 3.63) is 77.0 Å². The van der Waals surface area contributed by atoms with Crippen LogP contribution in [0.25, 0.3) is 15.5 Å². The fraction of sp³-hybridized carbons (Fsp3) is 0.0588. The van der Waals surface area contributed by atoms with E-state index in [9.17, 15) is 8.42 Å². The normalized spacial score (nSPS) is 11.5. The highest BCUT2D eigenvalue weighted by molar-refractivity contribution is 7.94. The van der Waals surface area contributed by atoms with Gasteiger partial charge in [0.2, 0.25) is 0 Å². The van der Waals surface area contributed by atoms with Gasteiger partial charge in [-0.3, -0.25) is 0 Å². The van der Waals surface area contributed by atoms with Gasteiger partial charge in [0, 0.05) is 0 Å². The summed E-state index contributed by atoms with van der Waals surface area (Å²) in [5.74, 6) is 0. The molecule has 0 saturated heterocycles. The van der Waals surface area contributed by atoms with Crippen molar-refractivity contribution in [2.45, 2.75) is 11.8 Å². The fourth-order valence-corrected chi connectivity index (χ4v) is 3.26. The second kappa shape index (κ2) is 5.22. The Labute approximate surface area is 124 Å². The molecule has 0 aliphatic carbocycles. The molecule has 0 spiro atoms. The van der Waals surface area contributed by atoms with E-state index in [1.165, 1.54) is 0 Å². The summed E-state index contributed by atoms with van der Waals surface area (Å²) in [6, 6.07) is 19.9. The van der Waals surface area contributed by atoms with E-state index in [0.29, 0.717) is 5.69 Å². The monoisotopic (exact) mass is 296 g/mol. The number of hydrogen-bond donors (Lipinski definition) is 0. The third-order valence-corrected chi connectivity index (χ3v) is 4.64. The zero-order chi connectivity index (χ0) is 14.9. The molecule has 3 aromatic rings. The van der Waals surface area contributed by atoms with Crippen molar-refractivity contribution >= 4 is 26.5 Å². The van der Waals surface area contributed by atoms with Crippen molar-refractivity contribution in [1.29, 1.82) is 0 Å². The van der Waals surface area contributed by atoms with Gasteiger partial charge in [0.25, 0.3) is 0 Å². The quantitative estimate of drug-likeness (QED) is 0.712. The van der Waals surface area contributed by atoms with Crippen LogP contribution in [0.1, 0.15) is 5.56 Å². The molecule has 0 heterocycles. The Bertz CT molecular complexity index is 901. The van der Waals surface area contributed by atoms with Crippen LogP contribution >= 0.6 is 0 Å². The molecule has 0 aromatic heterocycles. The predicted octanol–water partition coefficient (Wildman–Crippen LogP) is 4.54. The van der Waals surface area contributed by atoms with E-state index in [0.717, 1.165) is 16.3 Å². The first-order chi connectivity index (χ1) is 10.1. The number of hydrogen-bond acceptors (Lipinski definition) is 2. The molecule has 0 aliphatic heterocycles. The maximum Gasteiger partial charge on any atom is 0.123 e. The second-order valence-corrected chi connectivity index (χ2v) is 6.47. The third-order valence-electron chi connectivity index (χ3n) is 3.35. The zero-order valence-corrected chi connectivity index (χ0v) is 12.3. The average molecular weight is 296 g/mol. The lowest BCUT2D eigenvalue weighted by Gasteiger charge is -2.24. The minimum Gasteiger partial charge on any atom is -0.572 e. The van der Waals surface area contributed by atoms with Crippen LogP contribution in [-0.2, 0) is 10.0 Å². The van der Waals surface area contributed by atoms with Gasteiger partial charge < -0.3 is 4.72 Å². The third kappa shape index (κ3) is 2.76. The predicted molar refractivity (Wildman–Crippen MR) is 85.3 cm³/mol. The molecule has 0 aliphatic rings. The van der Waals surface area contributed by atoms with Crippen molar-refractivity contribution < 1.29 is 8.42 Å². The standard InChI is InChI=1S/C17H14NO2S/c1-13-6-2-5-9-17(13)18-21(19,20)16-11-10-14-7-3-4-8-15(14)12-16/h2-12H,1H3/q-1. The first kappa shape index (κ1) is 13.6. The Morgan fingerprint density at radius 2 is 1.48 bits per heavy atom. The summed E-state index contributed by atoms with van der Waals surface area (Å²) in [5.41, 5.74) is 1.31. The molecule has 3 rings (SSSR count). The molecule has 3 aromatic carbocycles. The number of sulfonamides is 1. The number of fused-ring (bicyclic) bond motifs is 1. The number of rotatable bonds is 3. The summed E-state index contributed by atoms with van der Waals surface area (Å²) in [6.07, 6.45) is 0. The summed E-state index contributed by atoms with van der Waals surface area (Å²) in [7, 11) is -3.70. The summed E-state index contributed by atoms with van der Waals surface area (Å²) < 4.78 is 28.8. The molecule has 0 N–H and O–H groups in total. The fourth-order valence-electron chi connectivity index (χ4n) is 2.18. The highest BCUT2D eigenvalue weighted by Gasteiger charge is 2.06. The molecule has 0 radical (unpaired) electrons. The second-order valence-electron chi connectivity index (χ2n) is 4.86. The van der Waals surface area contributed by atoms with Gasteiger partial charge >= 0.3 is 0 Å². The van der Waals surface area contributed by atoms with Gasteiger partial charge in [-0.2, -0.15) is 0 Å². The topological polar surface area (TPSA) is 48.2 Å². The van der Waals surface area contributed by atoms with E-state index in [1.54, 1.807) is 30.3 Å². The number of aryl methyl sites for hydroxylation is 1. The summed E-state index contributed by atoms with van der Waals surface area (Å²) in [4.78, 5) is 0.212. The molecule has 21 heavy (non-hydrogen) atoms. The van der Waals surface area contributed by atoms with Crippen molar-refractivity contribution in [1.82, 2.24) is 0 Å². The molecule has 0 amide bonds. The van der Waals surface area contributed by atoms with Crippen LogP contribution in [0.4, 0.5) is 5.69 Å². The Morgan fingerprint density at radius 1 is 0.810 bits per heavy atom. The van der Waals surface area contributed by atoms with Crippen LogP contribution in [0.2, 0.25) is 0 Å². The van der Waals surface area contributed by atoms with Crippen LogP contribution in [0, 0.1) is 6.92 Å². The molecule has 0 atom stereocenters. The average Bonchev–Trinajstić information content (AvgIpc) is 2.49. The van der Waals surface area contributed by atoms with Crippen LogP contribution in [-0.4, -0.2) is 8.42 Å². The SMILES string of the molecule is Cc1ccccc1[N-]S(=O)(=O)c1ccc2ccccc2c1. The van der Waals surface area contributed by atoms with Crippen molar-refractivity contribution in [3.63, 3.8) is 0 Å². The lowest BCUT2D eigenvalue weighted by molar-refractivity contribution is 0.603. The first-order valence-electron chi connectivity index (χ1n) is 6.59. The van der Waals surface area contributed by atoms with Crippen LogP contribution in [0.3, 0.4) is 0 Å². The Kier molecular flexibility index (Phi) is 3.39. The summed E-state index contributed by atoms with van der Waals surface area (Å²) in [5, 5.41) is 1.89. The molecule has 0 saturated carbocycles. The minimum atomic E-state index is -3.70. The van der Waals surface area contributed by atoms with Crippen molar-refractivity contribution in [2.75, 3.05) is 0 Å². The summed E-state index contributed by atoms with van der Waals surface area (Å²) >= 11 is 0. The van der Waals surface area contributed by atoms with Crippen molar-refractivity contribution in [3.8, 4) is 0 Å². The molecule has 0 unspecified atom stereocenters. The van der Waals surface area contributed by atoms with E-state index in [4.69, 9.17) is 0 Å². The van der Waals surface area contributed by atoms with Crippen LogP contribution in [0.15, 0.2) is 71.6 Å². The number of benzene rings is 3. The van der Waals surface area contributed by atoms with Crippen LogP contribution < -0.4 is 0 Å². The zero-order valence-electron chi connectivity index (χ0n) is 11.5. The summed E-state index contributed by atoms with van der Waals surface area (Å²) in [6.45, 7) is 1.84. The van der Waals surface area contributed by atoms with Crippen molar-refractivity contribution in [2.24, 2.45) is 0 Å². The Morgan fingerprint density at radius 3 is 2.24 bits per heavy atom. The number of nitrogens with zero attached hydrogens (tertiary/aromatic N) is 1. The molecule has 106 valence electrons. The molecular formula is C17H14NO2S-. The van der Waals surface area contributed by atoms with E-state index in [-0.39, 0.29) is 4.90 Å². The highest BCUT2D eigenvalue weighted by Crippen LogP contribution is 2.31. The van der Waals surface area contributed by atoms with Gasteiger partial charge in [0.15, 0.2) is 0 Å². The Hall–Kier alpha value is -2.33. The highest BCUT2D eigenvalue weighted by atomic mass is 32.2. The van der Waals surface area contributed by atoms with E-state index in [2.05, 4.69) is 4.72 Å². The first-order valence-corrected chi connectivity index (χ1v) is 8.03. The van der Waals surface area contributed by atoms with Gasteiger partial charge in [-0.25, -0.2) is 8.42 Å². The molecule has 0 bridgehead atoms. The van der Waals surface area contributed by atoms with Gasteiger partial charge in [0.05, 0.1) is 4.90 Å². The van der Waals surface area contributed by atoms with Gasteiger partial charge in [-0.1, -0.05) is 60.2 Å². The molecular weight excluding hydrogens is 282 g/mol. The molecule has 0 fully saturated rings. The maximum atomic E-state index is 12.4. The molecule has 4 heteroatoms. The van der Waals surface area contributed by atoms with Crippen LogP contribution in [0.5, 0.6) is 0 Å². The van der Waals surface area contributed by atoms with E-state index >= 15 is 0 Å².